The van der Waals surface area contributed by atoms with E-state index in [0.717, 1.165) is 0 Å². The van der Waals surface area contributed by atoms with Gasteiger partial charge in [-0.25, -0.2) is 0 Å². The van der Waals surface area contributed by atoms with Crippen LogP contribution in [0.2, 0.25) is 4.94 Å². The summed E-state index contributed by atoms with van der Waals surface area (Å²) in [5.74, 6) is 0. The molecule has 0 saturated carbocycles. The Bertz CT molecular complexity index is 146. The van der Waals surface area contributed by atoms with Gasteiger partial charge in [-0.1, -0.05) is 0 Å². The van der Waals surface area contributed by atoms with E-state index in [1.807, 2.05) is 0 Å². The van der Waals surface area contributed by atoms with Gasteiger partial charge in [0.15, 0.2) is 0 Å². The minimum absolute atomic E-state index is 0.295. The summed E-state index contributed by atoms with van der Waals surface area (Å²) in [6, 6.07) is 10.7. The molecule has 0 bridgehead atoms. The van der Waals surface area contributed by atoms with Crippen LogP contribution in [0.4, 0.5) is 0 Å². The van der Waals surface area contributed by atoms with Gasteiger partial charge in [0, 0.05) is 0 Å². The SMILES string of the molecule is [CH3][SnH][c]1ccccc1. The van der Waals surface area contributed by atoms with Crippen molar-refractivity contribution in [3.8, 4) is 0 Å². The van der Waals surface area contributed by atoms with Gasteiger partial charge in [-0.3, -0.25) is 0 Å². The molecule has 1 aromatic carbocycles. The topological polar surface area (TPSA) is 0 Å². The Morgan fingerprint density at radius 2 is 1.75 bits per heavy atom. The zero-order valence-electron chi connectivity index (χ0n) is 4.96. The van der Waals surface area contributed by atoms with E-state index >= 15 is 0 Å². The fourth-order valence-corrected chi connectivity index (χ4v) is 2.38. The number of benzene rings is 1. The van der Waals surface area contributed by atoms with Gasteiger partial charge in [0.05, 0.1) is 0 Å². The van der Waals surface area contributed by atoms with Crippen LogP contribution in [-0.2, 0) is 0 Å². The fraction of sp³-hybridized carbons (Fsp3) is 0.143. The van der Waals surface area contributed by atoms with Crippen molar-refractivity contribution in [2.24, 2.45) is 0 Å². The van der Waals surface area contributed by atoms with Crippen molar-refractivity contribution in [2.45, 2.75) is 4.94 Å². The molecule has 0 aliphatic heterocycles. The molecule has 0 aromatic heterocycles. The number of hydrogen-bond donors (Lipinski definition) is 0. The maximum absolute atomic E-state index is 2.35. The molecule has 1 radical (unpaired) electrons. The van der Waals surface area contributed by atoms with Crippen LogP contribution in [0.5, 0.6) is 0 Å². The normalized spacial score (nSPS) is 9.12. The van der Waals surface area contributed by atoms with Crippen molar-refractivity contribution >= 4 is 24.7 Å². The summed E-state index contributed by atoms with van der Waals surface area (Å²) in [5, 5.41) is 0. The first kappa shape index (κ1) is 6.14. The third-order valence-electron chi connectivity index (χ3n) is 1.13. The average molecular weight is 212 g/mol. The summed E-state index contributed by atoms with van der Waals surface area (Å²) in [6.07, 6.45) is 0. The first-order valence-electron chi connectivity index (χ1n) is 2.78. The second kappa shape index (κ2) is 3.13. The summed E-state index contributed by atoms with van der Waals surface area (Å²) < 4.78 is 1.60. The zero-order chi connectivity index (χ0) is 5.82. The third kappa shape index (κ3) is 1.51. The first-order valence-corrected chi connectivity index (χ1v) is 7.72. The minimum atomic E-state index is -0.295. The molecule has 8 heavy (non-hydrogen) atoms. The van der Waals surface area contributed by atoms with Crippen molar-refractivity contribution < 1.29 is 0 Å². The number of hydrogen-bond acceptors (Lipinski definition) is 0. The molecule has 0 saturated heterocycles. The first-order chi connectivity index (χ1) is 3.93. The second-order valence-corrected chi connectivity index (χ2v) is 5.25. The quantitative estimate of drug-likeness (QED) is 0.603. The molecule has 0 heterocycles. The van der Waals surface area contributed by atoms with E-state index in [9.17, 15) is 0 Å². The Labute approximate surface area is 60.1 Å². The summed E-state index contributed by atoms with van der Waals surface area (Å²) in [7, 11) is 0. The van der Waals surface area contributed by atoms with E-state index in [2.05, 4.69) is 35.3 Å². The van der Waals surface area contributed by atoms with Crippen molar-refractivity contribution in [3.63, 3.8) is 0 Å². The van der Waals surface area contributed by atoms with Crippen molar-refractivity contribution in [2.75, 3.05) is 0 Å². The van der Waals surface area contributed by atoms with Crippen LogP contribution in [-0.4, -0.2) is 21.1 Å². The molecule has 0 nitrogen and oxygen atoms in total. The monoisotopic (exact) mass is 213 g/mol. The summed E-state index contributed by atoms with van der Waals surface area (Å²) >= 11 is -0.295. The Kier molecular flexibility index (Phi) is 2.40. The second-order valence-electron chi connectivity index (χ2n) is 1.70. The van der Waals surface area contributed by atoms with E-state index < -0.39 is 0 Å². The molecule has 0 amide bonds. The van der Waals surface area contributed by atoms with Gasteiger partial charge >= 0.3 is 60.0 Å². The molecule has 1 rings (SSSR count). The molecular weight excluding hydrogens is 203 g/mol. The van der Waals surface area contributed by atoms with E-state index in [4.69, 9.17) is 0 Å². The molecule has 1 aromatic rings. The Balaban J connectivity index is 2.83. The third-order valence-corrected chi connectivity index (χ3v) is 4.13. The van der Waals surface area contributed by atoms with Gasteiger partial charge in [0.1, 0.15) is 0 Å². The molecule has 0 aliphatic rings. The molecule has 0 N–H and O–H groups in total. The van der Waals surface area contributed by atoms with Crippen molar-refractivity contribution in [1.82, 2.24) is 0 Å². The maximum atomic E-state index is 2.35. The number of rotatable bonds is 1. The Morgan fingerprint density at radius 1 is 1.12 bits per heavy atom. The Hall–Kier alpha value is 0.0187. The summed E-state index contributed by atoms with van der Waals surface area (Å²) in [4.78, 5) is 2.35. The van der Waals surface area contributed by atoms with Crippen LogP contribution in [0.15, 0.2) is 30.3 Å². The van der Waals surface area contributed by atoms with Gasteiger partial charge < -0.3 is 0 Å². The van der Waals surface area contributed by atoms with E-state index in [-0.39, 0.29) is 21.1 Å². The van der Waals surface area contributed by atoms with Crippen LogP contribution < -0.4 is 3.58 Å². The van der Waals surface area contributed by atoms with Gasteiger partial charge in [-0.2, -0.15) is 0 Å². The average Bonchev–Trinajstić information content (AvgIpc) is 1.90. The standard InChI is InChI=1S/C6H5.CH3.Sn.H/c1-2-4-6-5-3-1;;;/h1-5H;1H3;;. The predicted molar refractivity (Wildman–Crippen MR) is 39.1 cm³/mol. The Morgan fingerprint density at radius 3 is 2.12 bits per heavy atom. The summed E-state index contributed by atoms with van der Waals surface area (Å²) in [6.45, 7) is 0. The molecule has 0 atom stereocenters. The van der Waals surface area contributed by atoms with Crippen molar-refractivity contribution in [1.29, 1.82) is 0 Å². The molecule has 41 valence electrons. The fourth-order valence-electron chi connectivity index (χ4n) is 0.645. The molecule has 0 spiro atoms. The van der Waals surface area contributed by atoms with Crippen LogP contribution in [0.25, 0.3) is 0 Å². The van der Waals surface area contributed by atoms with Crippen LogP contribution in [0.3, 0.4) is 0 Å². The predicted octanol–water partition coefficient (Wildman–Crippen LogP) is 0.796. The zero-order valence-corrected chi connectivity index (χ0v) is 8.26. The van der Waals surface area contributed by atoms with Crippen LogP contribution in [0, 0.1) is 0 Å². The van der Waals surface area contributed by atoms with Gasteiger partial charge in [0.25, 0.3) is 0 Å². The summed E-state index contributed by atoms with van der Waals surface area (Å²) in [5.41, 5.74) is 0. The van der Waals surface area contributed by atoms with Gasteiger partial charge in [0.2, 0.25) is 0 Å². The van der Waals surface area contributed by atoms with E-state index in [0.29, 0.717) is 0 Å². The van der Waals surface area contributed by atoms with Crippen LogP contribution >= 0.6 is 0 Å². The molecule has 0 fully saturated rings. The van der Waals surface area contributed by atoms with Gasteiger partial charge in [-0.05, 0) is 0 Å². The molecule has 1 heteroatoms. The van der Waals surface area contributed by atoms with E-state index in [1.165, 1.54) is 0 Å². The van der Waals surface area contributed by atoms with Crippen molar-refractivity contribution in [3.05, 3.63) is 30.3 Å². The molecule has 0 unspecified atom stereocenters. The van der Waals surface area contributed by atoms with Gasteiger partial charge in [-0.15, -0.1) is 0 Å². The van der Waals surface area contributed by atoms with E-state index in [1.54, 1.807) is 3.58 Å². The van der Waals surface area contributed by atoms with Crippen LogP contribution in [0.1, 0.15) is 0 Å². The molecular formula is C7H9Sn. The molecule has 0 aliphatic carbocycles.